The molecule has 1 aliphatic heterocycles. The van der Waals surface area contributed by atoms with Crippen LogP contribution in [-0.2, 0) is 6.42 Å². The van der Waals surface area contributed by atoms with Crippen molar-refractivity contribution < 1.29 is 4.92 Å². The lowest BCUT2D eigenvalue weighted by Gasteiger charge is -2.23. The lowest BCUT2D eigenvalue weighted by atomic mass is 10.1. The Bertz CT molecular complexity index is 733. The summed E-state index contributed by atoms with van der Waals surface area (Å²) < 4.78 is 4.35. The predicted octanol–water partition coefficient (Wildman–Crippen LogP) is 3.03. The zero-order valence-corrected chi connectivity index (χ0v) is 14.8. The Morgan fingerprint density at radius 3 is 2.71 bits per heavy atom. The Hall–Kier alpha value is -2.22. The molecule has 1 aliphatic rings. The van der Waals surface area contributed by atoms with Crippen LogP contribution in [0.2, 0.25) is 0 Å². The van der Waals surface area contributed by atoms with Crippen LogP contribution in [0.3, 0.4) is 0 Å². The topological polar surface area (TPSA) is 75.4 Å². The number of aryl methyl sites for hydroxylation is 2. The van der Waals surface area contributed by atoms with Gasteiger partial charge < -0.3 is 9.80 Å². The van der Waals surface area contributed by atoms with E-state index >= 15 is 0 Å². The number of rotatable bonds is 4. The van der Waals surface area contributed by atoms with Crippen LogP contribution in [0.15, 0.2) is 18.2 Å². The number of benzene rings is 1. The van der Waals surface area contributed by atoms with Gasteiger partial charge in [0, 0.05) is 50.2 Å². The van der Waals surface area contributed by atoms with Gasteiger partial charge in [-0.3, -0.25) is 10.1 Å². The molecule has 0 amide bonds. The molecule has 1 aromatic heterocycles. The number of hydrogen-bond donors (Lipinski definition) is 0. The largest absolute Gasteiger partial charge is 0.364 e. The summed E-state index contributed by atoms with van der Waals surface area (Å²) in [5, 5.41) is 12.3. The summed E-state index contributed by atoms with van der Waals surface area (Å²) in [7, 11) is 0. The quantitative estimate of drug-likeness (QED) is 0.625. The standard InChI is InChI=1S/C16H21N5O2S/c1-3-15-17-16(24-18-15)20-8-4-7-19(9-10-20)13-6-5-12(2)11-14(13)21(22)23/h5-6,11H,3-4,7-10H2,1-2H3. The van der Waals surface area contributed by atoms with Crippen molar-refractivity contribution in [1.82, 2.24) is 9.36 Å². The maximum atomic E-state index is 11.4. The number of nitro groups is 1. The average Bonchev–Trinajstić information content (AvgIpc) is 2.92. The van der Waals surface area contributed by atoms with Crippen molar-refractivity contribution in [3.63, 3.8) is 0 Å². The third-order valence-electron chi connectivity index (χ3n) is 4.21. The highest BCUT2D eigenvalue weighted by Crippen LogP contribution is 2.30. The Morgan fingerprint density at radius 2 is 2.00 bits per heavy atom. The van der Waals surface area contributed by atoms with Gasteiger partial charge in [0.15, 0.2) is 0 Å². The minimum atomic E-state index is -0.288. The van der Waals surface area contributed by atoms with Crippen molar-refractivity contribution in [1.29, 1.82) is 0 Å². The lowest BCUT2D eigenvalue weighted by molar-refractivity contribution is -0.384. The molecule has 0 bridgehead atoms. The van der Waals surface area contributed by atoms with Crippen molar-refractivity contribution in [3.05, 3.63) is 39.7 Å². The van der Waals surface area contributed by atoms with Crippen LogP contribution in [0.1, 0.15) is 24.7 Å². The van der Waals surface area contributed by atoms with E-state index in [1.807, 2.05) is 26.0 Å². The van der Waals surface area contributed by atoms with Gasteiger partial charge in [-0.2, -0.15) is 4.37 Å². The smallest absolute Gasteiger partial charge is 0.292 e. The van der Waals surface area contributed by atoms with E-state index in [1.54, 1.807) is 6.07 Å². The van der Waals surface area contributed by atoms with Crippen molar-refractivity contribution >= 4 is 28.0 Å². The van der Waals surface area contributed by atoms with Crippen LogP contribution in [-0.4, -0.2) is 40.5 Å². The van der Waals surface area contributed by atoms with Crippen LogP contribution in [0.4, 0.5) is 16.5 Å². The molecule has 0 unspecified atom stereocenters. The summed E-state index contributed by atoms with van der Waals surface area (Å²) in [5.74, 6) is 0.880. The molecular weight excluding hydrogens is 326 g/mol. The Labute approximate surface area is 145 Å². The van der Waals surface area contributed by atoms with E-state index < -0.39 is 0 Å². The van der Waals surface area contributed by atoms with Crippen molar-refractivity contribution in [2.24, 2.45) is 0 Å². The molecule has 8 heteroatoms. The van der Waals surface area contributed by atoms with Gasteiger partial charge in [-0.05, 0) is 25.0 Å². The highest BCUT2D eigenvalue weighted by Gasteiger charge is 2.23. The molecule has 3 rings (SSSR count). The second-order valence-corrected chi connectivity index (χ2v) is 6.65. The fourth-order valence-corrected chi connectivity index (χ4v) is 3.71. The lowest BCUT2D eigenvalue weighted by Crippen LogP contribution is -2.31. The van der Waals surface area contributed by atoms with Gasteiger partial charge in [-0.1, -0.05) is 13.0 Å². The van der Waals surface area contributed by atoms with Crippen LogP contribution < -0.4 is 9.80 Å². The SMILES string of the molecule is CCc1nsc(N2CCCN(c3ccc(C)cc3[N+](=O)[O-])CC2)n1. The van der Waals surface area contributed by atoms with Gasteiger partial charge in [0.05, 0.1) is 4.92 Å². The molecule has 1 saturated heterocycles. The van der Waals surface area contributed by atoms with E-state index in [4.69, 9.17) is 0 Å². The van der Waals surface area contributed by atoms with Crippen molar-refractivity contribution in [2.75, 3.05) is 36.0 Å². The molecule has 0 spiro atoms. The van der Waals surface area contributed by atoms with Crippen LogP contribution in [0.5, 0.6) is 0 Å². The molecule has 0 atom stereocenters. The second kappa shape index (κ2) is 7.12. The molecule has 7 nitrogen and oxygen atoms in total. The van der Waals surface area contributed by atoms with Crippen LogP contribution in [0, 0.1) is 17.0 Å². The number of nitrogens with zero attached hydrogens (tertiary/aromatic N) is 5. The van der Waals surface area contributed by atoms with Crippen LogP contribution in [0.25, 0.3) is 0 Å². The van der Waals surface area contributed by atoms with Gasteiger partial charge in [0.1, 0.15) is 11.5 Å². The summed E-state index contributed by atoms with van der Waals surface area (Å²) in [6.45, 7) is 7.16. The predicted molar refractivity (Wildman–Crippen MR) is 96.2 cm³/mol. The molecule has 0 aliphatic carbocycles. The molecule has 128 valence electrons. The number of aromatic nitrogens is 2. The van der Waals surface area contributed by atoms with E-state index in [0.29, 0.717) is 5.69 Å². The molecule has 0 N–H and O–H groups in total. The molecule has 1 aromatic carbocycles. The third kappa shape index (κ3) is 3.48. The minimum absolute atomic E-state index is 0.188. The Morgan fingerprint density at radius 1 is 1.25 bits per heavy atom. The first-order chi connectivity index (χ1) is 11.6. The van der Waals surface area contributed by atoms with Gasteiger partial charge in [-0.25, -0.2) is 4.98 Å². The molecule has 0 radical (unpaired) electrons. The van der Waals surface area contributed by atoms with E-state index in [0.717, 1.165) is 55.5 Å². The summed E-state index contributed by atoms with van der Waals surface area (Å²) in [4.78, 5) is 20.0. The van der Waals surface area contributed by atoms with Crippen LogP contribution >= 0.6 is 11.5 Å². The number of hydrogen-bond acceptors (Lipinski definition) is 7. The molecule has 0 saturated carbocycles. The summed E-state index contributed by atoms with van der Waals surface area (Å²) in [5.41, 5.74) is 1.80. The summed E-state index contributed by atoms with van der Waals surface area (Å²) in [6.07, 6.45) is 1.78. The zero-order chi connectivity index (χ0) is 17.1. The molecule has 1 fully saturated rings. The number of anilines is 2. The summed E-state index contributed by atoms with van der Waals surface area (Å²) in [6, 6.07) is 5.45. The van der Waals surface area contributed by atoms with Gasteiger partial charge in [-0.15, -0.1) is 0 Å². The van der Waals surface area contributed by atoms with E-state index in [-0.39, 0.29) is 10.6 Å². The second-order valence-electron chi connectivity index (χ2n) is 5.92. The maximum Gasteiger partial charge on any atom is 0.292 e. The number of nitro benzene ring substituents is 1. The normalized spacial score (nSPS) is 15.4. The highest BCUT2D eigenvalue weighted by atomic mass is 32.1. The zero-order valence-electron chi connectivity index (χ0n) is 13.9. The molecule has 2 heterocycles. The van der Waals surface area contributed by atoms with E-state index in [1.165, 1.54) is 11.5 Å². The average molecular weight is 347 g/mol. The van der Waals surface area contributed by atoms with Crippen molar-refractivity contribution in [3.8, 4) is 0 Å². The molecule has 24 heavy (non-hydrogen) atoms. The fourth-order valence-electron chi connectivity index (χ4n) is 2.91. The first-order valence-electron chi connectivity index (χ1n) is 8.16. The van der Waals surface area contributed by atoms with Crippen molar-refractivity contribution in [2.45, 2.75) is 26.7 Å². The third-order valence-corrected chi connectivity index (χ3v) is 5.02. The maximum absolute atomic E-state index is 11.4. The Balaban J connectivity index is 1.77. The molecular formula is C16H21N5O2S. The summed E-state index contributed by atoms with van der Waals surface area (Å²) >= 11 is 1.44. The first kappa shape index (κ1) is 16.6. The fraction of sp³-hybridized carbons (Fsp3) is 0.500. The van der Waals surface area contributed by atoms with Gasteiger partial charge in [0.2, 0.25) is 5.13 Å². The monoisotopic (exact) mass is 347 g/mol. The van der Waals surface area contributed by atoms with E-state index in [9.17, 15) is 10.1 Å². The van der Waals surface area contributed by atoms with Gasteiger partial charge in [0.25, 0.3) is 5.69 Å². The first-order valence-corrected chi connectivity index (χ1v) is 8.93. The minimum Gasteiger partial charge on any atom is -0.364 e. The van der Waals surface area contributed by atoms with Gasteiger partial charge >= 0.3 is 0 Å². The Kier molecular flexibility index (Phi) is 4.94. The highest BCUT2D eigenvalue weighted by molar-refractivity contribution is 7.09. The molecule has 2 aromatic rings. The van der Waals surface area contributed by atoms with E-state index in [2.05, 4.69) is 19.2 Å².